The monoisotopic (exact) mass is 480 g/mol. The Kier molecular flexibility index (Phi) is 10.9. The van der Waals surface area contributed by atoms with E-state index in [-0.39, 0.29) is 0 Å². The van der Waals surface area contributed by atoms with Gasteiger partial charge < -0.3 is 20.0 Å². The minimum Gasteiger partial charge on any atom is -0.507 e. The molecule has 0 saturated carbocycles. The second-order valence-corrected chi connectivity index (χ2v) is 9.59. The smallest absolute Gasteiger partial charge is 0.129 e. The predicted octanol–water partition coefficient (Wildman–Crippen LogP) is 5.33. The molecule has 2 rings (SSSR count). The van der Waals surface area contributed by atoms with Gasteiger partial charge in [0.05, 0.1) is 0 Å². The highest BCUT2D eigenvalue weighted by molar-refractivity contribution is 6.02. The molecule has 0 atom stereocenters. The second kappa shape index (κ2) is 13.4. The number of aryl methyl sites for hydroxylation is 2. The third-order valence-corrected chi connectivity index (χ3v) is 6.20. The Morgan fingerprint density at radius 2 is 1.09 bits per heavy atom. The van der Waals surface area contributed by atoms with Gasteiger partial charge in [-0.2, -0.15) is 0 Å². The van der Waals surface area contributed by atoms with Crippen molar-refractivity contribution in [3.63, 3.8) is 0 Å². The molecule has 2 aromatic carbocycles. The van der Waals surface area contributed by atoms with Crippen LogP contribution >= 0.6 is 0 Å². The highest BCUT2D eigenvalue weighted by Gasteiger charge is 2.15. The van der Waals surface area contributed by atoms with Gasteiger partial charge in [0.25, 0.3) is 0 Å². The summed E-state index contributed by atoms with van der Waals surface area (Å²) in [4.78, 5) is 13.4. The molecule has 0 heterocycles. The van der Waals surface area contributed by atoms with E-state index in [4.69, 9.17) is 0 Å². The molecule has 6 heteroatoms. The minimum atomic E-state index is 0.335. The van der Waals surface area contributed by atoms with Gasteiger partial charge in [-0.05, 0) is 98.4 Å². The third-order valence-electron chi connectivity index (χ3n) is 6.20. The Bertz CT molecular complexity index is 976. The molecule has 0 spiro atoms. The number of rotatable bonds is 12. The van der Waals surface area contributed by atoms with E-state index in [0.29, 0.717) is 37.7 Å². The van der Waals surface area contributed by atoms with Crippen LogP contribution in [-0.2, 0) is 13.1 Å². The summed E-state index contributed by atoms with van der Waals surface area (Å²) in [5.74, 6) is 0.670. The summed E-state index contributed by atoms with van der Waals surface area (Å²) in [6, 6.07) is 8.12. The van der Waals surface area contributed by atoms with Gasteiger partial charge >= 0.3 is 0 Å². The standard InChI is InChI=1S/C29H44N4O2/c1-9-30-22(5)26-16-20(3)14-24(28(26)34)18-32(7)12-11-13-33(8)19-25-15-21(4)17-27(29(25)35)23(6)31-10-2/h14-17,34-35H,9-13,18-19H2,1-8H3/b30-22+,31-23+. The first-order valence-corrected chi connectivity index (χ1v) is 12.6. The average Bonchev–Trinajstić information content (AvgIpc) is 2.78. The van der Waals surface area contributed by atoms with E-state index >= 15 is 0 Å². The first kappa shape index (κ1) is 28.5. The van der Waals surface area contributed by atoms with Crippen molar-refractivity contribution < 1.29 is 10.2 Å². The van der Waals surface area contributed by atoms with Crippen LogP contribution in [0, 0.1) is 13.8 Å². The fraction of sp³-hybridized carbons (Fsp3) is 0.517. The quantitative estimate of drug-likeness (QED) is 0.403. The molecule has 0 aromatic heterocycles. The summed E-state index contributed by atoms with van der Waals surface area (Å²) >= 11 is 0. The number of hydrogen-bond donors (Lipinski definition) is 2. The topological polar surface area (TPSA) is 71.7 Å². The van der Waals surface area contributed by atoms with E-state index in [0.717, 1.165) is 64.3 Å². The van der Waals surface area contributed by atoms with E-state index in [9.17, 15) is 10.2 Å². The molecule has 0 radical (unpaired) electrons. The Labute approximate surface area is 212 Å². The van der Waals surface area contributed by atoms with Crippen molar-refractivity contribution in [2.45, 2.75) is 61.1 Å². The SMILES string of the molecule is CC/N=C(\C)c1cc(C)cc(CN(C)CCCN(C)Cc2cc(C)cc(/C(C)=N/CC)c2O)c1O. The molecule has 0 aliphatic rings. The molecule has 2 N–H and O–H groups in total. The van der Waals surface area contributed by atoms with Crippen molar-refractivity contribution in [1.82, 2.24) is 9.80 Å². The number of benzene rings is 2. The van der Waals surface area contributed by atoms with Crippen LogP contribution < -0.4 is 0 Å². The fourth-order valence-electron chi connectivity index (χ4n) is 4.50. The third kappa shape index (κ3) is 8.18. The van der Waals surface area contributed by atoms with Gasteiger partial charge in [-0.25, -0.2) is 0 Å². The van der Waals surface area contributed by atoms with Crippen molar-refractivity contribution in [2.24, 2.45) is 9.98 Å². The predicted molar refractivity (Wildman–Crippen MR) is 148 cm³/mol. The first-order valence-electron chi connectivity index (χ1n) is 12.6. The normalized spacial score (nSPS) is 12.7. The van der Waals surface area contributed by atoms with Crippen LogP contribution in [0.15, 0.2) is 34.3 Å². The number of aliphatic imine (C=N–C) groups is 2. The van der Waals surface area contributed by atoms with Crippen molar-refractivity contribution in [3.05, 3.63) is 57.6 Å². The van der Waals surface area contributed by atoms with Gasteiger partial charge in [-0.3, -0.25) is 9.98 Å². The second-order valence-electron chi connectivity index (χ2n) is 9.59. The molecule has 0 fully saturated rings. The minimum absolute atomic E-state index is 0.335. The highest BCUT2D eigenvalue weighted by atomic mass is 16.3. The summed E-state index contributed by atoms with van der Waals surface area (Å²) in [5.41, 5.74) is 7.52. The lowest BCUT2D eigenvalue weighted by atomic mass is 10.0. The summed E-state index contributed by atoms with van der Waals surface area (Å²) in [7, 11) is 4.17. The molecule has 35 heavy (non-hydrogen) atoms. The summed E-state index contributed by atoms with van der Waals surface area (Å²) in [6.45, 7) is 16.6. The molecule has 0 aliphatic heterocycles. The van der Waals surface area contributed by atoms with E-state index < -0.39 is 0 Å². The molecule has 0 saturated heterocycles. The van der Waals surface area contributed by atoms with Gasteiger partial charge in [0.2, 0.25) is 0 Å². The number of nitrogens with zero attached hydrogens (tertiary/aromatic N) is 4. The molecular weight excluding hydrogens is 436 g/mol. The molecule has 0 amide bonds. The van der Waals surface area contributed by atoms with Crippen molar-refractivity contribution >= 4 is 11.4 Å². The van der Waals surface area contributed by atoms with Gasteiger partial charge in [0, 0.05) is 59.9 Å². The summed E-state index contributed by atoms with van der Waals surface area (Å²) in [6.07, 6.45) is 0.985. The van der Waals surface area contributed by atoms with E-state index in [2.05, 4.69) is 59.9 Å². The van der Waals surface area contributed by atoms with Crippen LogP contribution in [0.25, 0.3) is 0 Å². The number of phenolic OH excluding ortho intramolecular Hbond substituents is 2. The highest BCUT2D eigenvalue weighted by Crippen LogP contribution is 2.28. The van der Waals surface area contributed by atoms with E-state index in [1.54, 1.807) is 0 Å². The lowest BCUT2D eigenvalue weighted by Gasteiger charge is -2.22. The van der Waals surface area contributed by atoms with Crippen molar-refractivity contribution in [2.75, 3.05) is 40.3 Å². The van der Waals surface area contributed by atoms with Gasteiger partial charge in [-0.15, -0.1) is 0 Å². The number of aromatic hydroxyl groups is 2. The van der Waals surface area contributed by atoms with Gasteiger partial charge in [0.15, 0.2) is 0 Å². The van der Waals surface area contributed by atoms with Crippen molar-refractivity contribution in [1.29, 1.82) is 0 Å². The zero-order valence-corrected chi connectivity index (χ0v) is 22.9. The Morgan fingerprint density at radius 3 is 1.43 bits per heavy atom. The maximum atomic E-state index is 10.8. The molecule has 2 aromatic rings. The molecule has 0 aliphatic carbocycles. The van der Waals surface area contributed by atoms with Crippen LogP contribution in [0.4, 0.5) is 0 Å². The van der Waals surface area contributed by atoms with Gasteiger partial charge in [-0.1, -0.05) is 12.1 Å². The van der Waals surface area contributed by atoms with Crippen LogP contribution in [0.3, 0.4) is 0 Å². The van der Waals surface area contributed by atoms with E-state index in [1.165, 1.54) is 0 Å². The summed E-state index contributed by atoms with van der Waals surface area (Å²) in [5, 5.41) is 21.7. The Morgan fingerprint density at radius 1 is 0.714 bits per heavy atom. The molecule has 192 valence electrons. The Hall–Kier alpha value is -2.70. The Balaban J connectivity index is 1.98. The average molecular weight is 481 g/mol. The maximum Gasteiger partial charge on any atom is 0.129 e. The zero-order chi connectivity index (χ0) is 26.1. The van der Waals surface area contributed by atoms with Crippen LogP contribution in [0.2, 0.25) is 0 Å². The maximum absolute atomic E-state index is 10.8. The largest absolute Gasteiger partial charge is 0.507 e. The van der Waals surface area contributed by atoms with E-state index in [1.807, 2.05) is 39.8 Å². The zero-order valence-electron chi connectivity index (χ0n) is 22.9. The molecule has 0 bridgehead atoms. The number of hydrogen-bond acceptors (Lipinski definition) is 6. The molecule has 0 unspecified atom stereocenters. The number of phenols is 2. The summed E-state index contributed by atoms with van der Waals surface area (Å²) < 4.78 is 0. The van der Waals surface area contributed by atoms with Crippen LogP contribution in [0.1, 0.15) is 67.5 Å². The lowest BCUT2D eigenvalue weighted by Crippen LogP contribution is -2.25. The van der Waals surface area contributed by atoms with Crippen molar-refractivity contribution in [3.8, 4) is 11.5 Å². The first-order chi connectivity index (χ1) is 16.6. The fourth-order valence-corrected chi connectivity index (χ4v) is 4.50. The van der Waals surface area contributed by atoms with Gasteiger partial charge in [0.1, 0.15) is 11.5 Å². The molecular formula is C29H44N4O2. The van der Waals surface area contributed by atoms with Crippen LogP contribution in [0.5, 0.6) is 11.5 Å². The van der Waals surface area contributed by atoms with Crippen LogP contribution in [-0.4, -0.2) is 71.7 Å². The molecule has 6 nitrogen and oxygen atoms in total. The lowest BCUT2D eigenvalue weighted by molar-refractivity contribution is 0.266.